The number of rotatable bonds is 3. The van der Waals surface area contributed by atoms with Gasteiger partial charge >= 0.3 is 0 Å². The third kappa shape index (κ3) is 3.46. The largest absolute Gasteiger partial charge is 0.340 e. The summed E-state index contributed by atoms with van der Waals surface area (Å²) in [6, 6.07) is 7.59. The van der Waals surface area contributed by atoms with Crippen molar-refractivity contribution in [3.05, 3.63) is 53.1 Å². The van der Waals surface area contributed by atoms with Gasteiger partial charge in [0, 0.05) is 31.4 Å². The number of amides is 2. The van der Waals surface area contributed by atoms with Crippen molar-refractivity contribution < 1.29 is 9.59 Å². The Morgan fingerprint density at radius 1 is 1.21 bits per heavy atom. The Morgan fingerprint density at radius 2 is 2.14 bits per heavy atom. The molecule has 0 radical (unpaired) electrons. The number of anilines is 1. The van der Waals surface area contributed by atoms with Crippen LogP contribution in [0.4, 0.5) is 10.7 Å². The number of carbonyl (C=O) groups excluding carboxylic acids is 2. The number of hydrogen-bond acceptors (Lipinski definition) is 8. The van der Waals surface area contributed by atoms with E-state index in [1.54, 1.807) is 18.3 Å². The zero-order valence-corrected chi connectivity index (χ0v) is 16.2. The lowest BCUT2D eigenvalue weighted by Crippen LogP contribution is -2.36. The van der Waals surface area contributed by atoms with Crippen molar-refractivity contribution in [3.63, 3.8) is 0 Å². The van der Waals surface area contributed by atoms with E-state index < -0.39 is 5.91 Å². The molecule has 29 heavy (non-hydrogen) atoms. The molecule has 2 amide bonds. The van der Waals surface area contributed by atoms with Gasteiger partial charge in [0.1, 0.15) is 5.82 Å². The van der Waals surface area contributed by atoms with Crippen LogP contribution in [0.5, 0.6) is 0 Å². The summed E-state index contributed by atoms with van der Waals surface area (Å²) in [7, 11) is 0. The molecule has 1 atom stereocenters. The first-order valence-electron chi connectivity index (χ1n) is 9.30. The van der Waals surface area contributed by atoms with Gasteiger partial charge in [-0.25, -0.2) is 9.97 Å². The standard InChI is InChI=1S/C19H17N7O2S/c27-17-14(29-19(28)22-17)10-13-6-7-20-18(21-13)25-8-3-4-12(11-25)16-24-23-15-5-1-2-9-26(15)16/h1-2,5-7,9-10,12H,3-4,8,11H2,(H,22,27,28). The summed E-state index contributed by atoms with van der Waals surface area (Å²) in [5, 5.41) is 10.6. The Hall–Kier alpha value is -3.27. The molecule has 1 unspecified atom stereocenters. The van der Waals surface area contributed by atoms with Gasteiger partial charge in [0.05, 0.1) is 10.6 Å². The smallest absolute Gasteiger partial charge is 0.290 e. The normalized spacial score (nSPS) is 21.2. The molecule has 0 spiro atoms. The van der Waals surface area contributed by atoms with E-state index in [2.05, 4.69) is 30.4 Å². The molecule has 2 saturated heterocycles. The number of nitrogens with one attached hydrogen (secondary N) is 1. The van der Waals surface area contributed by atoms with E-state index >= 15 is 0 Å². The summed E-state index contributed by atoms with van der Waals surface area (Å²) in [5.74, 6) is 1.38. The molecule has 0 aliphatic carbocycles. The van der Waals surface area contributed by atoms with Crippen LogP contribution in [0.2, 0.25) is 0 Å². The molecule has 146 valence electrons. The van der Waals surface area contributed by atoms with E-state index in [0.29, 0.717) is 16.5 Å². The van der Waals surface area contributed by atoms with E-state index in [1.807, 2.05) is 28.8 Å². The topological polar surface area (TPSA) is 105 Å². The van der Waals surface area contributed by atoms with Gasteiger partial charge in [-0.05, 0) is 48.9 Å². The van der Waals surface area contributed by atoms with Crippen LogP contribution in [0.3, 0.4) is 0 Å². The summed E-state index contributed by atoms with van der Waals surface area (Å²) < 4.78 is 2.03. The molecule has 2 aliphatic heterocycles. The second-order valence-corrected chi connectivity index (χ2v) is 7.92. The number of imide groups is 1. The van der Waals surface area contributed by atoms with Crippen molar-refractivity contribution in [2.24, 2.45) is 0 Å². The Bertz CT molecular complexity index is 1140. The summed E-state index contributed by atoms with van der Waals surface area (Å²) in [6.45, 7) is 1.59. The number of hydrogen-bond donors (Lipinski definition) is 1. The third-order valence-electron chi connectivity index (χ3n) is 4.99. The lowest BCUT2D eigenvalue weighted by molar-refractivity contribution is -0.115. The number of carbonyl (C=O) groups is 2. The average molecular weight is 407 g/mol. The van der Waals surface area contributed by atoms with Gasteiger partial charge in [0.2, 0.25) is 5.95 Å². The summed E-state index contributed by atoms with van der Waals surface area (Å²) in [5.41, 5.74) is 1.43. The van der Waals surface area contributed by atoms with Gasteiger partial charge < -0.3 is 4.90 Å². The Balaban J connectivity index is 1.39. The molecular weight excluding hydrogens is 390 g/mol. The van der Waals surface area contributed by atoms with E-state index in [1.165, 1.54) is 0 Å². The first-order chi connectivity index (χ1) is 14.2. The summed E-state index contributed by atoms with van der Waals surface area (Å²) in [4.78, 5) is 34.6. The van der Waals surface area contributed by atoms with E-state index in [9.17, 15) is 9.59 Å². The molecule has 2 aliphatic rings. The van der Waals surface area contributed by atoms with E-state index in [0.717, 1.165) is 49.2 Å². The maximum Gasteiger partial charge on any atom is 0.290 e. The molecule has 9 nitrogen and oxygen atoms in total. The first-order valence-corrected chi connectivity index (χ1v) is 10.1. The van der Waals surface area contributed by atoms with Gasteiger partial charge in [0.15, 0.2) is 5.65 Å². The SMILES string of the molecule is O=C1NC(=O)C(=Cc2ccnc(N3CCCC(c4nnc5ccccn45)C3)n2)S1. The maximum absolute atomic E-state index is 11.8. The van der Waals surface area contributed by atoms with Crippen LogP contribution in [-0.2, 0) is 4.79 Å². The van der Waals surface area contributed by atoms with Crippen molar-refractivity contribution in [1.29, 1.82) is 0 Å². The molecule has 0 saturated carbocycles. The van der Waals surface area contributed by atoms with Crippen molar-refractivity contribution in [2.75, 3.05) is 18.0 Å². The molecule has 5 heterocycles. The zero-order chi connectivity index (χ0) is 19.8. The highest BCUT2D eigenvalue weighted by Gasteiger charge is 2.27. The van der Waals surface area contributed by atoms with E-state index in [4.69, 9.17) is 0 Å². The molecule has 3 aromatic rings. The maximum atomic E-state index is 11.8. The molecule has 10 heteroatoms. The van der Waals surface area contributed by atoms with Crippen LogP contribution in [0.15, 0.2) is 41.6 Å². The second kappa shape index (κ2) is 7.28. The number of aromatic nitrogens is 5. The van der Waals surface area contributed by atoms with Gasteiger partial charge in [-0.1, -0.05) is 6.07 Å². The fraction of sp³-hybridized carbons (Fsp3) is 0.263. The van der Waals surface area contributed by atoms with Gasteiger partial charge in [-0.2, -0.15) is 0 Å². The molecule has 3 aromatic heterocycles. The number of thioether (sulfide) groups is 1. The quantitative estimate of drug-likeness (QED) is 0.659. The molecule has 0 aromatic carbocycles. The van der Waals surface area contributed by atoms with Crippen LogP contribution < -0.4 is 10.2 Å². The Morgan fingerprint density at radius 3 is 3.00 bits per heavy atom. The highest BCUT2D eigenvalue weighted by Crippen LogP contribution is 2.29. The van der Waals surface area contributed by atoms with E-state index in [-0.39, 0.29) is 11.2 Å². The Labute approximate surface area is 170 Å². The highest BCUT2D eigenvalue weighted by atomic mass is 32.2. The third-order valence-corrected chi connectivity index (χ3v) is 5.81. The lowest BCUT2D eigenvalue weighted by atomic mass is 9.97. The molecular formula is C19H17N7O2S. The van der Waals surface area contributed by atoms with Gasteiger partial charge in [-0.3, -0.25) is 19.3 Å². The molecule has 1 N–H and O–H groups in total. The molecule has 2 fully saturated rings. The van der Waals surface area contributed by atoms with Crippen molar-refractivity contribution in [3.8, 4) is 0 Å². The fourth-order valence-electron chi connectivity index (χ4n) is 3.66. The number of pyridine rings is 1. The molecule has 5 rings (SSSR count). The van der Waals surface area contributed by atoms with Crippen LogP contribution in [0, 0.1) is 0 Å². The zero-order valence-electron chi connectivity index (χ0n) is 15.4. The summed E-state index contributed by atoms with van der Waals surface area (Å²) >= 11 is 0.879. The Kier molecular flexibility index (Phi) is 4.47. The van der Waals surface area contributed by atoms with Crippen LogP contribution >= 0.6 is 11.8 Å². The summed E-state index contributed by atoms with van der Waals surface area (Å²) in [6.07, 6.45) is 7.29. The van der Waals surface area contributed by atoms with Gasteiger partial charge in [0.25, 0.3) is 11.1 Å². The predicted molar refractivity (Wildman–Crippen MR) is 108 cm³/mol. The van der Waals surface area contributed by atoms with Crippen LogP contribution in [0.25, 0.3) is 11.7 Å². The van der Waals surface area contributed by atoms with Crippen LogP contribution in [0.1, 0.15) is 30.3 Å². The van der Waals surface area contributed by atoms with Crippen molar-refractivity contribution in [2.45, 2.75) is 18.8 Å². The van der Waals surface area contributed by atoms with Crippen molar-refractivity contribution >= 4 is 40.6 Å². The fourth-order valence-corrected chi connectivity index (χ4v) is 4.32. The monoisotopic (exact) mass is 407 g/mol. The number of nitrogens with zero attached hydrogens (tertiary/aromatic N) is 6. The first kappa shape index (κ1) is 17.8. The minimum Gasteiger partial charge on any atom is -0.340 e. The van der Waals surface area contributed by atoms with Gasteiger partial charge in [-0.15, -0.1) is 10.2 Å². The predicted octanol–water partition coefficient (Wildman–Crippen LogP) is 2.23. The lowest BCUT2D eigenvalue weighted by Gasteiger charge is -2.32. The number of piperidine rings is 1. The molecule has 0 bridgehead atoms. The number of fused-ring (bicyclic) bond motifs is 1. The minimum atomic E-state index is -0.392. The van der Waals surface area contributed by atoms with Crippen molar-refractivity contribution in [1.82, 2.24) is 29.9 Å². The highest BCUT2D eigenvalue weighted by molar-refractivity contribution is 8.18. The second-order valence-electron chi connectivity index (χ2n) is 6.91. The minimum absolute atomic E-state index is 0.223. The average Bonchev–Trinajstić information content (AvgIpc) is 3.31. The van der Waals surface area contributed by atoms with Crippen LogP contribution in [-0.4, -0.2) is 48.8 Å².